The fraction of sp³-hybridized carbons (Fsp3) is 0.294. The van der Waals surface area contributed by atoms with Gasteiger partial charge in [-0.1, -0.05) is 24.3 Å². The van der Waals surface area contributed by atoms with Gasteiger partial charge in [0.05, 0.1) is 0 Å². The van der Waals surface area contributed by atoms with Crippen molar-refractivity contribution in [2.24, 2.45) is 0 Å². The van der Waals surface area contributed by atoms with Gasteiger partial charge in [0.25, 0.3) is 0 Å². The molecule has 0 saturated carbocycles. The first-order chi connectivity index (χ1) is 10.1. The van der Waals surface area contributed by atoms with E-state index in [4.69, 9.17) is 0 Å². The summed E-state index contributed by atoms with van der Waals surface area (Å²) in [7, 11) is 0. The van der Waals surface area contributed by atoms with Crippen molar-refractivity contribution in [3.05, 3.63) is 65.2 Å². The van der Waals surface area contributed by atoms with Gasteiger partial charge >= 0.3 is 0 Å². The van der Waals surface area contributed by atoms with E-state index in [1.54, 1.807) is 30.0 Å². The maximum Gasteiger partial charge on any atom is 0.137 e. The SMILES string of the molecule is CC(NC1CCSc2c(F)cccc21)c1ccc(F)cc1. The highest BCUT2D eigenvalue weighted by Crippen LogP contribution is 2.38. The van der Waals surface area contributed by atoms with Gasteiger partial charge in [0.2, 0.25) is 0 Å². The van der Waals surface area contributed by atoms with Gasteiger partial charge in [0.1, 0.15) is 11.6 Å². The molecule has 1 aliphatic rings. The highest BCUT2D eigenvalue weighted by molar-refractivity contribution is 7.99. The minimum Gasteiger partial charge on any atom is -0.303 e. The topological polar surface area (TPSA) is 12.0 Å². The maximum absolute atomic E-state index is 13.9. The Labute approximate surface area is 127 Å². The van der Waals surface area contributed by atoms with Crippen LogP contribution in [-0.4, -0.2) is 5.75 Å². The van der Waals surface area contributed by atoms with Gasteiger partial charge in [-0.2, -0.15) is 0 Å². The van der Waals surface area contributed by atoms with Gasteiger partial charge < -0.3 is 5.32 Å². The van der Waals surface area contributed by atoms with Crippen molar-refractivity contribution in [3.63, 3.8) is 0 Å². The molecule has 1 N–H and O–H groups in total. The van der Waals surface area contributed by atoms with Crippen LogP contribution in [0.3, 0.4) is 0 Å². The molecule has 2 atom stereocenters. The summed E-state index contributed by atoms with van der Waals surface area (Å²) in [6.07, 6.45) is 0.965. The Morgan fingerprint density at radius 2 is 1.90 bits per heavy atom. The molecule has 1 heterocycles. The zero-order valence-corrected chi connectivity index (χ0v) is 12.6. The molecule has 0 saturated heterocycles. The number of nitrogens with one attached hydrogen (secondary N) is 1. The van der Waals surface area contributed by atoms with Crippen LogP contribution in [-0.2, 0) is 0 Å². The van der Waals surface area contributed by atoms with Crippen LogP contribution in [0, 0.1) is 11.6 Å². The lowest BCUT2D eigenvalue weighted by molar-refractivity contribution is 0.443. The molecular formula is C17H17F2NS. The first-order valence-electron chi connectivity index (χ1n) is 7.08. The normalized spacial score (nSPS) is 19.1. The monoisotopic (exact) mass is 305 g/mol. The van der Waals surface area contributed by atoms with Gasteiger partial charge in [0.15, 0.2) is 0 Å². The van der Waals surface area contributed by atoms with Crippen molar-refractivity contribution < 1.29 is 8.78 Å². The number of hydrogen-bond donors (Lipinski definition) is 1. The highest BCUT2D eigenvalue weighted by atomic mass is 32.2. The molecular weight excluding hydrogens is 288 g/mol. The van der Waals surface area contributed by atoms with E-state index in [-0.39, 0.29) is 23.7 Å². The van der Waals surface area contributed by atoms with E-state index in [9.17, 15) is 8.78 Å². The lowest BCUT2D eigenvalue weighted by atomic mass is 10.0. The zero-order valence-electron chi connectivity index (χ0n) is 11.8. The molecule has 0 amide bonds. The number of benzene rings is 2. The van der Waals surface area contributed by atoms with Crippen molar-refractivity contribution in [2.45, 2.75) is 30.3 Å². The third-order valence-electron chi connectivity index (χ3n) is 3.85. The number of halogens is 2. The molecule has 0 spiro atoms. The Hall–Kier alpha value is -1.39. The number of rotatable bonds is 3. The fourth-order valence-electron chi connectivity index (χ4n) is 2.71. The van der Waals surface area contributed by atoms with Crippen LogP contribution in [0.5, 0.6) is 0 Å². The Morgan fingerprint density at radius 3 is 2.67 bits per heavy atom. The largest absolute Gasteiger partial charge is 0.303 e. The summed E-state index contributed by atoms with van der Waals surface area (Å²) >= 11 is 1.58. The standard InChI is InChI=1S/C17H17F2NS/c1-11(12-5-7-13(18)8-6-12)20-16-9-10-21-17-14(16)3-2-4-15(17)19/h2-8,11,16,20H,9-10H2,1H3. The molecule has 0 bridgehead atoms. The Morgan fingerprint density at radius 1 is 1.14 bits per heavy atom. The molecule has 21 heavy (non-hydrogen) atoms. The molecule has 2 unspecified atom stereocenters. The van der Waals surface area contributed by atoms with Crippen LogP contribution in [0.1, 0.15) is 36.6 Å². The van der Waals surface area contributed by atoms with Crippen molar-refractivity contribution in [3.8, 4) is 0 Å². The third-order valence-corrected chi connectivity index (χ3v) is 5.01. The summed E-state index contributed by atoms with van der Waals surface area (Å²) < 4.78 is 26.8. The predicted octanol–water partition coefficient (Wildman–Crippen LogP) is 4.85. The van der Waals surface area contributed by atoms with Crippen molar-refractivity contribution >= 4 is 11.8 Å². The average Bonchev–Trinajstić information content (AvgIpc) is 2.49. The second kappa shape index (κ2) is 6.16. The molecule has 3 rings (SSSR count). The highest BCUT2D eigenvalue weighted by Gasteiger charge is 2.24. The maximum atomic E-state index is 13.9. The molecule has 2 aromatic rings. The first kappa shape index (κ1) is 14.5. The molecule has 1 aliphatic heterocycles. The third kappa shape index (κ3) is 3.11. The molecule has 110 valence electrons. The molecule has 0 radical (unpaired) electrons. The van der Waals surface area contributed by atoms with E-state index in [2.05, 4.69) is 5.32 Å². The molecule has 4 heteroatoms. The van der Waals surface area contributed by atoms with Crippen LogP contribution in [0.2, 0.25) is 0 Å². The van der Waals surface area contributed by atoms with Crippen molar-refractivity contribution in [1.82, 2.24) is 5.32 Å². The Kier molecular flexibility index (Phi) is 4.27. The molecule has 0 aliphatic carbocycles. The second-order valence-corrected chi connectivity index (χ2v) is 6.39. The number of fused-ring (bicyclic) bond motifs is 1. The van der Waals surface area contributed by atoms with Crippen LogP contribution in [0.15, 0.2) is 47.4 Å². The van der Waals surface area contributed by atoms with Crippen LogP contribution in [0.25, 0.3) is 0 Å². The fourth-order valence-corrected chi connectivity index (χ4v) is 3.85. The zero-order chi connectivity index (χ0) is 14.8. The summed E-state index contributed by atoms with van der Waals surface area (Å²) in [6, 6.07) is 12.0. The van der Waals surface area contributed by atoms with E-state index < -0.39 is 0 Å². The summed E-state index contributed by atoms with van der Waals surface area (Å²) in [5, 5.41) is 3.54. The van der Waals surface area contributed by atoms with Crippen molar-refractivity contribution in [1.29, 1.82) is 0 Å². The average molecular weight is 305 g/mol. The van der Waals surface area contributed by atoms with Crippen LogP contribution < -0.4 is 5.32 Å². The summed E-state index contributed by atoms with van der Waals surface area (Å²) in [6.45, 7) is 2.05. The molecule has 2 aromatic carbocycles. The Balaban J connectivity index is 1.80. The number of hydrogen-bond acceptors (Lipinski definition) is 2. The summed E-state index contributed by atoms with van der Waals surface area (Å²) in [4.78, 5) is 0.757. The lowest BCUT2D eigenvalue weighted by Crippen LogP contribution is -2.27. The minimum atomic E-state index is -0.229. The Bertz CT molecular complexity index is 627. The molecule has 0 fully saturated rings. The minimum absolute atomic E-state index is 0.0924. The van der Waals surface area contributed by atoms with Crippen LogP contribution >= 0.6 is 11.8 Å². The van der Waals surface area contributed by atoms with E-state index >= 15 is 0 Å². The summed E-state index contributed by atoms with van der Waals surface area (Å²) in [5.74, 6) is 0.535. The first-order valence-corrected chi connectivity index (χ1v) is 8.06. The molecule has 0 aromatic heterocycles. The van der Waals surface area contributed by atoms with E-state index in [0.717, 1.165) is 28.2 Å². The van der Waals surface area contributed by atoms with Crippen molar-refractivity contribution in [2.75, 3.05) is 5.75 Å². The van der Waals surface area contributed by atoms with Crippen LogP contribution in [0.4, 0.5) is 8.78 Å². The van der Waals surface area contributed by atoms with Gasteiger partial charge in [-0.3, -0.25) is 0 Å². The van der Waals surface area contributed by atoms with Gasteiger partial charge in [-0.25, -0.2) is 8.78 Å². The van der Waals surface area contributed by atoms with E-state index in [1.165, 1.54) is 18.2 Å². The smallest absolute Gasteiger partial charge is 0.137 e. The molecule has 1 nitrogen and oxygen atoms in total. The quantitative estimate of drug-likeness (QED) is 0.869. The lowest BCUT2D eigenvalue weighted by Gasteiger charge is -2.29. The second-order valence-electron chi connectivity index (χ2n) is 5.29. The van der Waals surface area contributed by atoms with E-state index in [1.807, 2.05) is 13.0 Å². The summed E-state index contributed by atoms with van der Waals surface area (Å²) in [5.41, 5.74) is 2.06. The van der Waals surface area contributed by atoms with Gasteiger partial charge in [-0.05, 0) is 48.4 Å². The predicted molar refractivity (Wildman–Crippen MR) is 82.4 cm³/mol. The van der Waals surface area contributed by atoms with Gasteiger partial charge in [0, 0.05) is 17.0 Å². The number of thioether (sulfide) groups is 1. The van der Waals surface area contributed by atoms with E-state index in [0.29, 0.717) is 0 Å². The van der Waals surface area contributed by atoms with Gasteiger partial charge in [-0.15, -0.1) is 11.8 Å².